The first-order valence-corrected chi connectivity index (χ1v) is 11.5. The van der Waals surface area contributed by atoms with Crippen molar-refractivity contribution in [3.05, 3.63) is 75.4 Å². The van der Waals surface area contributed by atoms with Crippen molar-refractivity contribution >= 4 is 55.0 Å². The third kappa shape index (κ3) is 4.39. The maximum absolute atomic E-state index is 12.5. The van der Waals surface area contributed by atoms with Gasteiger partial charge in [-0.3, -0.25) is 10.1 Å². The molecule has 4 rings (SSSR count). The number of hydrogen-bond donors (Lipinski definition) is 2. The summed E-state index contributed by atoms with van der Waals surface area (Å²) >= 11 is 7.32. The fraction of sp³-hybridized carbons (Fsp3) is 0.100. The van der Waals surface area contributed by atoms with E-state index in [1.165, 1.54) is 23.5 Å². The lowest BCUT2D eigenvalue weighted by Gasteiger charge is -2.02. The first-order valence-electron chi connectivity index (χ1n) is 8.77. The molecule has 2 aromatic heterocycles. The van der Waals surface area contributed by atoms with Crippen LogP contribution < -0.4 is 10.5 Å². The quantitative estimate of drug-likeness (QED) is 0.458. The average molecular weight is 462 g/mol. The van der Waals surface area contributed by atoms with E-state index in [0.29, 0.717) is 22.2 Å². The third-order valence-corrected chi connectivity index (χ3v) is 6.67. The number of nitrogens with two attached hydrogens (primary N) is 1. The second kappa shape index (κ2) is 7.84. The summed E-state index contributed by atoms with van der Waals surface area (Å²) < 4.78 is 28.3. The van der Waals surface area contributed by atoms with Crippen LogP contribution in [0.4, 0.5) is 5.13 Å². The molecule has 0 radical (unpaired) electrons. The molecular formula is C20H16ClN3O4S2. The molecule has 2 heterocycles. The Kier molecular flexibility index (Phi) is 5.37. The largest absolute Gasteiger partial charge is 0.451 e. The van der Waals surface area contributed by atoms with E-state index in [4.69, 9.17) is 21.2 Å². The Labute approximate surface area is 181 Å². The van der Waals surface area contributed by atoms with Gasteiger partial charge >= 0.3 is 0 Å². The van der Waals surface area contributed by atoms with Gasteiger partial charge in [0.15, 0.2) is 10.9 Å². The molecule has 0 aliphatic heterocycles. The Morgan fingerprint density at radius 3 is 2.63 bits per heavy atom. The molecule has 0 saturated heterocycles. The van der Waals surface area contributed by atoms with Gasteiger partial charge < -0.3 is 4.42 Å². The number of halogens is 1. The minimum atomic E-state index is -3.72. The molecule has 7 nitrogen and oxygen atoms in total. The van der Waals surface area contributed by atoms with Gasteiger partial charge in [-0.05, 0) is 48.9 Å². The summed E-state index contributed by atoms with van der Waals surface area (Å²) in [4.78, 5) is 18.0. The fourth-order valence-electron chi connectivity index (χ4n) is 2.91. The Balaban J connectivity index is 1.49. The molecule has 0 unspecified atom stereocenters. The van der Waals surface area contributed by atoms with E-state index in [9.17, 15) is 13.2 Å². The average Bonchev–Trinajstić information content (AvgIpc) is 3.24. The monoisotopic (exact) mass is 461 g/mol. The molecule has 0 atom stereocenters. The molecule has 0 spiro atoms. The summed E-state index contributed by atoms with van der Waals surface area (Å²) in [6.07, 6.45) is 0.549. The van der Waals surface area contributed by atoms with E-state index in [2.05, 4.69) is 10.3 Å². The highest BCUT2D eigenvalue weighted by Crippen LogP contribution is 2.27. The van der Waals surface area contributed by atoms with E-state index >= 15 is 0 Å². The topological polar surface area (TPSA) is 115 Å². The molecular weight excluding hydrogens is 446 g/mol. The number of primary sulfonamides is 1. The van der Waals surface area contributed by atoms with Gasteiger partial charge in [-0.1, -0.05) is 23.7 Å². The number of hydrogen-bond acceptors (Lipinski definition) is 6. The van der Waals surface area contributed by atoms with Crippen molar-refractivity contribution in [1.82, 2.24) is 4.98 Å². The van der Waals surface area contributed by atoms with Crippen LogP contribution in [0.25, 0.3) is 11.0 Å². The Morgan fingerprint density at radius 1 is 1.20 bits per heavy atom. The summed E-state index contributed by atoms with van der Waals surface area (Å²) in [5.41, 5.74) is 2.26. The number of carbonyl (C=O) groups is 1. The third-order valence-electron chi connectivity index (χ3n) is 4.43. The maximum atomic E-state index is 12.5. The SMILES string of the molecule is Cc1nc(NC(=O)c2cc3cc(Cl)ccc3o2)sc1Cc1ccc(S(N)(=O)=O)cc1. The van der Waals surface area contributed by atoms with Gasteiger partial charge in [-0.15, -0.1) is 11.3 Å². The molecule has 0 bridgehead atoms. The Bertz CT molecular complexity index is 1360. The molecule has 0 aliphatic rings. The van der Waals surface area contributed by atoms with Gasteiger partial charge in [-0.25, -0.2) is 18.5 Å². The van der Waals surface area contributed by atoms with Crippen molar-refractivity contribution in [2.45, 2.75) is 18.2 Å². The van der Waals surface area contributed by atoms with E-state index in [-0.39, 0.29) is 10.7 Å². The predicted octanol–water partition coefficient (Wildman–Crippen LogP) is 4.34. The number of aryl methyl sites for hydroxylation is 1. The zero-order valence-electron chi connectivity index (χ0n) is 15.7. The number of sulfonamides is 1. The van der Waals surface area contributed by atoms with Crippen molar-refractivity contribution in [2.75, 3.05) is 5.32 Å². The summed E-state index contributed by atoms with van der Waals surface area (Å²) in [7, 11) is -3.72. The molecule has 2 aromatic carbocycles. The van der Waals surface area contributed by atoms with Gasteiger partial charge in [0, 0.05) is 21.7 Å². The summed E-state index contributed by atoms with van der Waals surface area (Å²) in [5, 5.41) is 9.63. The highest BCUT2D eigenvalue weighted by Gasteiger charge is 2.16. The highest BCUT2D eigenvalue weighted by atomic mass is 35.5. The molecule has 10 heteroatoms. The van der Waals surface area contributed by atoms with Crippen LogP contribution in [0.15, 0.2) is 57.8 Å². The first-order chi connectivity index (χ1) is 14.2. The second-order valence-corrected chi connectivity index (χ2v) is 9.72. The summed E-state index contributed by atoms with van der Waals surface area (Å²) in [6, 6.07) is 13.1. The van der Waals surface area contributed by atoms with Gasteiger partial charge in [0.25, 0.3) is 5.91 Å². The molecule has 0 saturated carbocycles. The van der Waals surface area contributed by atoms with Gasteiger partial charge in [0.2, 0.25) is 10.0 Å². The minimum Gasteiger partial charge on any atom is -0.451 e. The first kappa shape index (κ1) is 20.5. The number of carbonyl (C=O) groups excluding carboxylic acids is 1. The lowest BCUT2D eigenvalue weighted by molar-refractivity contribution is 0.0998. The van der Waals surface area contributed by atoms with E-state index in [0.717, 1.165) is 21.5 Å². The van der Waals surface area contributed by atoms with Crippen LogP contribution in [0.5, 0.6) is 0 Å². The molecule has 4 aromatic rings. The summed E-state index contributed by atoms with van der Waals surface area (Å²) in [5.74, 6) is -0.236. The number of nitrogens with zero attached hydrogens (tertiary/aromatic N) is 1. The molecule has 1 amide bonds. The van der Waals surface area contributed by atoms with Crippen LogP contribution in [0, 0.1) is 6.92 Å². The van der Waals surface area contributed by atoms with E-state index in [1.807, 2.05) is 6.92 Å². The zero-order chi connectivity index (χ0) is 21.5. The molecule has 3 N–H and O–H groups in total. The molecule has 0 fully saturated rings. The Hall–Kier alpha value is -2.72. The number of anilines is 1. The van der Waals surface area contributed by atoms with E-state index in [1.54, 1.807) is 36.4 Å². The van der Waals surface area contributed by atoms with Crippen LogP contribution in [0.1, 0.15) is 26.7 Å². The van der Waals surface area contributed by atoms with Crippen LogP contribution in [-0.4, -0.2) is 19.3 Å². The number of fused-ring (bicyclic) bond motifs is 1. The van der Waals surface area contributed by atoms with Crippen LogP contribution in [0.2, 0.25) is 5.02 Å². The normalized spacial score (nSPS) is 11.7. The smallest absolute Gasteiger partial charge is 0.293 e. The number of furan rings is 1. The van der Waals surface area contributed by atoms with Crippen LogP contribution in [-0.2, 0) is 16.4 Å². The number of rotatable bonds is 5. The summed E-state index contributed by atoms with van der Waals surface area (Å²) in [6.45, 7) is 1.85. The lowest BCUT2D eigenvalue weighted by atomic mass is 10.1. The fourth-order valence-corrected chi connectivity index (χ4v) is 4.60. The van der Waals surface area contributed by atoms with Crippen LogP contribution in [0.3, 0.4) is 0 Å². The maximum Gasteiger partial charge on any atom is 0.293 e. The number of thiazole rings is 1. The Morgan fingerprint density at radius 2 is 1.93 bits per heavy atom. The van der Waals surface area contributed by atoms with Crippen molar-refractivity contribution in [1.29, 1.82) is 0 Å². The van der Waals surface area contributed by atoms with Crippen molar-refractivity contribution < 1.29 is 17.6 Å². The minimum absolute atomic E-state index is 0.0624. The number of nitrogens with one attached hydrogen (secondary N) is 1. The van der Waals surface area contributed by atoms with Crippen molar-refractivity contribution in [3.8, 4) is 0 Å². The van der Waals surface area contributed by atoms with E-state index < -0.39 is 15.9 Å². The second-order valence-electron chi connectivity index (χ2n) is 6.64. The number of amides is 1. The molecule has 154 valence electrons. The van der Waals surface area contributed by atoms with Gasteiger partial charge in [0.1, 0.15) is 5.58 Å². The van der Waals surface area contributed by atoms with Gasteiger partial charge in [-0.2, -0.15) is 0 Å². The number of benzene rings is 2. The van der Waals surface area contributed by atoms with Crippen LogP contribution >= 0.6 is 22.9 Å². The standard InChI is InChI=1S/C20H16ClN3O4S2/c1-11-18(8-12-2-5-15(6-3-12)30(22,26)27)29-20(23-11)24-19(25)17-10-13-9-14(21)4-7-16(13)28-17/h2-7,9-10H,8H2,1H3,(H2,22,26,27)(H,23,24,25). The molecule has 30 heavy (non-hydrogen) atoms. The van der Waals surface area contributed by atoms with Crippen molar-refractivity contribution in [3.63, 3.8) is 0 Å². The highest BCUT2D eigenvalue weighted by molar-refractivity contribution is 7.89. The molecule has 0 aliphatic carbocycles. The van der Waals surface area contributed by atoms with Crippen molar-refractivity contribution in [2.24, 2.45) is 5.14 Å². The van der Waals surface area contributed by atoms with Gasteiger partial charge in [0.05, 0.1) is 10.6 Å². The number of aromatic nitrogens is 1. The lowest BCUT2D eigenvalue weighted by Crippen LogP contribution is -2.11. The predicted molar refractivity (Wildman–Crippen MR) is 117 cm³/mol. The zero-order valence-corrected chi connectivity index (χ0v) is 18.1.